The van der Waals surface area contributed by atoms with Gasteiger partial charge in [-0.15, -0.1) is 0 Å². The summed E-state index contributed by atoms with van der Waals surface area (Å²) in [5.74, 6) is 0.720. The average Bonchev–Trinajstić information content (AvgIpc) is 2.58. The van der Waals surface area contributed by atoms with Crippen LogP contribution in [0.5, 0.6) is 0 Å². The van der Waals surface area contributed by atoms with Gasteiger partial charge in [0.1, 0.15) is 5.72 Å². The summed E-state index contributed by atoms with van der Waals surface area (Å²) in [5.41, 5.74) is -0.272. The molecular weight excluding hydrogens is 178 g/mol. The minimum atomic E-state index is -0.272. The molecule has 2 heterocycles. The van der Waals surface area contributed by atoms with Gasteiger partial charge in [-0.1, -0.05) is 13.3 Å². The third kappa shape index (κ3) is 1.34. The molecule has 0 radical (unpaired) electrons. The molecule has 0 aromatic rings. The van der Waals surface area contributed by atoms with Gasteiger partial charge in [-0.2, -0.15) is 0 Å². The zero-order valence-electron chi connectivity index (χ0n) is 9.08. The minimum absolute atomic E-state index is 0.272. The molecule has 2 fully saturated rings. The van der Waals surface area contributed by atoms with Gasteiger partial charge in [0.05, 0.1) is 0 Å². The van der Waals surface area contributed by atoms with Crippen LogP contribution in [0, 0.1) is 5.92 Å². The average molecular weight is 197 g/mol. The van der Waals surface area contributed by atoms with E-state index >= 15 is 0 Å². The molecule has 14 heavy (non-hydrogen) atoms. The van der Waals surface area contributed by atoms with E-state index in [-0.39, 0.29) is 11.6 Å². The van der Waals surface area contributed by atoms with Gasteiger partial charge >= 0.3 is 0 Å². The lowest BCUT2D eigenvalue weighted by atomic mass is 9.97. The van der Waals surface area contributed by atoms with Gasteiger partial charge in [-0.3, -0.25) is 4.79 Å². The van der Waals surface area contributed by atoms with Crippen molar-refractivity contribution in [2.75, 3.05) is 13.2 Å². The number of unbranched alkanes of at least 4 members (excludes halogenated alkanes) is 1. The number of hydrogen-bond acceptors (Lipinski definition) is 2. The van der Waals surface area contributed by atoms with Gasteiger partial charge < -0.3 is 9.64 Å². The zero-order chi connectivity index (χ0) is 10.2. The lowest BCUT2D eigenvalue weighted by Crippen LogP contribution is -2.46. The summed E-state index contributed by atoms with van der Waals surface area (Å²) in [6.07, 6.45) is 3.95. The Bertz CT molecular complexity index is 241. The number of amides is 1. The maximum Gasteiger partial charge on any atom is 0.225 e. The van der Waals surface area contributed by atoms with Gasteiger partial charge in [0.25, 0.3) is 0 Å². The molecule has 2 saturated heterocycles. The molecule has 0 aliphatic carbocycles. The molecule has 80 valence electrons. The number of carbonyl (C=O) groups is 1. The predicted octanol–water partition coefficient (Wildman–Crippen LogP) is 1.77. The summed E-state index contributed by atoms with van der Waals surface area (Å²) in [4.78, 5) is 13.7. The van der Waals surface area contributed by atoms with Crippen LogP contribution in [0.1, 0.15) is 39.5 Å². The molecule has 2 atom stereocenters. The molecule has 3 nitrogen and oxygen atoms in total. The highest BCUT2D eigenvalue weighted by Gasteiger charge is 2.52. The summed E-state index contributed by atoms with van der Waals surface area (Å²) in [6, 6.07) is 0. The number of hydrogen-bond donors (Lipinski definition) is 0. The van der Waals surface area contributed by atoms with Crippen molar-refractivity contribution in [2.24, 2.45) is 5.92 Å². The molecule has 0 saturated carbocycles. The molecule has 0 aromatic heterocycles. The molecule has 1 amide bonds. The van der Waals surface area contributed by atoms with Gasteiger partial charge in [-0.25, -0.2) is 0 Å². The van der Waals surface area contributed by atoms with E-state index in [1.807, 2.05) is 4.90 Å². The number of ether oxygens (including phenoxy) is 1. The fraction of sp³-hybridized carbons (Fsp3) is 0.909. The van der Waals surface area contributed by atoms with Gasteiger partial charge in [0.2, 0.25) is 5.91 Å². The molecular formula is C11H19NO2. The quantitative estimate of drug-likeness (QED) is 0.690. The van der Waals surface area contributed by atoms with Crippen molar-refractivity contribution >= 4 is 5.91 Å². The van der Waals surface area contributed by atoms with Crippen LogP contribution < -0.4 is 0 Å². The van der Waals surface area contributed by atoms with Crippen molar-refractivity contribution in [1.82, 2.24) is 4.90 Å². The van der Waals surface area contributed by atoms with Crippen molar-refractivity contribution in [3.8, 4) is 0 Å². The third-order valence-electron chi connectivity index (χ3n) is 3.61. The monoisotopic (exact) mass is 197 g/mol. The van der Waals surface area contributed by atoms with Crippen molar-refractivity contribution in [2.45, 2.75) is 45.3 Å². The molecule has 2 rings (SSSR count). The number of likely N-dealkylation sites (tertiary alicyclic amines) is 1. The van der Waals surface area contributed by atoms with Crippen molar-refractivity contribution in [3.05, 3.63) is 0 Å². The number of rotatable bonds is 3. The lowest BCUT2D eigenvalue weighted by molar-refractivity contribution is -0.148. The Morgan fingerprint density at radius 3 is 3.14 bits per heavy atom. The topological polar surface area (TPSA) is 29.5 Å². The number of carbonyl (C=O) groups excluding carboxylic acids is 1. The molecule has 0 aromatic carbocycles. The molecule has 0 N–H and O–H groups in total. The Kier molecular flexibility index (Phi) is 2.52. The van der Waals surface area contributed by atoms with Crippen molar-refractivity contribution in [1.29, 1.82) is 0 Å². The van der Waals surface area contributed by atoms with Crippen LogP contribution in [0.15, 0.2) is 0 Å². The van der Waals surface area contributed by atoms with E-state index in [4.69, 9.17) is 4.74 Å². The second-order valence-electron chi connectivity index (χ2n) is 4.49. The summed E-state index contributed by atoms with van der Waals surface area (Å²) >= 11 is 0. The molecule has 2 aliphatic heterocycles. The fourth-order valence-electron chi connectivity index (χ4n) is 2.61. The van der Waals surface area contributed by atoms with E-state index in [1.165, 1.54) is 0 Å². The minimum Gasteiger partial charge on any atom is -0.356 e. The van der Waals surface area contributed by atoms with Crippen molar-refractivity contribution in [3.63, 3.8) is 0 Å². The highest BCUT2D eigenvalue weighted by molar-refractivity contribution is 5.80. The fourth-order valence-corrected chi connectivity index (χ4v) is 2.61. The Balaban J connectivity index is 2.09. The second kappa shape index (κ2) is 3.54. The number of fused-ring (bicyclic) bond motifs is 1. The van der Waals surface area contributed by atoms with Crippen molar-refractivity contribution < 1.29 is 9.53 Å². The van der Waals surface area contributed by atoms with Crippen LogP contribution in [-0.2, 0) is 9.53 Å². The first kappa shape index (κ1) is 9.97. The summed E-state index contributed by atoms with van der Waals surface area (Å²) in [7, 11) is 0. The molecule has 0 unspecified atom stereocenters. The van der Waals surface area contributed by atoms with Gasteiger partial charge in [0, 0.05) is 25.5 Å². The highest BCUT2D eigenvalue weighted by Crippen LogP contribution is 2.43. The van der Waals surface area contributed by atoms with Crippen LogP contribution in [0.2, 0.25) is 0 Å². The lowest BCUT2D eigenvalue weighted by Gasteiger charge is -2.34. The SMILES string of the molecule is CCCCN1C(=O)C[C@H]2CCO[C@]21C. The Hall–Kier alpha value is -0.570. The van der Waals surface area contributed by atoms with Crippen LogP contribution in [0.25, 0.3) is 0 Å². The molecule has 0 spiro atoms. The Morgan fingerprint density at radius 2 is 2.43 bits per heavy atom. The maximum atomic E-state index is 11.7. The van der Waals surface area contributed by atoms with E-state index in [1.54, 1.807) is 0 Å². The second-order valence-corrected chi connectivity index (χ2v) is 4.49. The van der Waals surface area contributed by atoms with Crippen LogP contribution >= 0.6 is 0 Å². The first-order valence-electron chi connectivity index (χ1n) is 5.63. The van der Waals surface area contributed by atoms with E-state index in [0.29, 0.717) is 12.3 Å². The maximum absolute atomic E-state index is 11.7. The van der Waals surface area contributed by atoms with Crippen LogP contribution in [0.3, 0.4) is 0 Å². The molecule has 2 aliphatic rings. The highest BCUT2D eigenvalue weighted by atomic mass is 16.5. The zero-order valence-corrected chi connectivity index (χ0v) is 9.08. The van der Waals surface area contributed by atoms with Gasteiger partial charge in [-0.05, 0) is 19.8 Å². The Labute approximate surface area is 85.4 Å². The van der Waals surface area contributed by atoms with E-state index in [0.717, 1.165) is 32.4 Å². The molecule has 0 bridgehead atoms. The van der Waals surface area contributed by atoms with E-state index in [2.05, 4.69) is 13.8 Å². The largest absolute Gasteiger partial charge is 0.356 e. The normalized spacial score (nSPS) is 36.6. The third-order valence-corrected chi connectivity index (χ3v) is 3.61. The summed E-state index contributed by atoms with van der Waals surface area (Å²) < 4.78 is 5.75. The first-order valence-corrected chi connectivity index (χ1v) is 5.63. The number of nitrogens with zero attached hydrogens (tertiary/aromatic N) is 1. The summed E-state index contributed by atoms with van der Waals surface area (Å²) in [6.45, 7) is 5.90. The van der Waals surface area contributed by atoms with Crippen LogP contribution in [0.4, 0.5) is 0 Å². The predicted molar refractivity (Wildman–Crippen MR) is 53.7 cm³/mol. The summed E-state index contributed by atoms with van der Waals surface area (Å²) in [5, 5.41) is 0. The first-order chi connectivity index (χ1) is 6.68. The van der Waals surface area contributed by atoms with E-state index in [9.17, 15) is 4.79 Å². The smallest absolute Gasteiger partial charge is 0.225 e. The Morgan fingerprint density at radius 1 is 1.64 bits per heavy atom. The standard InChI is InChI=1S/C11H19NO2/c1-3-4-6-12-10(13)8-9-5-7-14-11(9,12)2/h9H,3-8H2,1-2H3/t9-,11-/m1/s1. The van der Waals surface area contributed by atoms with E-state index < -0.39 is 0 Å². The van der Waals surface area contributed by atoms with Gasteiger partial charge in [0.15, 0.2) is 0 Å². The van der Waals surface area contributed by atoms with Crippen LogP contribution in [-0.4, -0.2) is 29.7 Å². The molecule has 3 heteroatoms.